The lowest BCUT2D eigenvalue weighted by atomic mass is 9.66. The molecule has 0 amide bonds. The van der Waals surface area contributed by atoms with Crippen molar-refractivity contribution in [3.63, 3.8) is 0 Å². The predicted octanol–water partition coefficient (Wildman–Crippen LogP) is 5.95. The number of carbonyl (C=O) groups excluding carboxylic acids is 1. The molecule has 3 aliphatic rings. The summed E-state index contributed by atoms with van der Waals surface area (Å²) in [7, 11) is 0. The molecule has 2 aliphatic heterocycles. The fourth-order valence-electron chi connectivity index (χ4n) is 7.35. The monoisotopic (exact) mass is 557 g/mol. The van der Waals surface area contributed by atoms with Crippen molar-refractivity contribution in [2.45, 2.75) is 44.2 Å². The van der Waals surface area contributed by atoms with Crippen LogP contribution in [0.15, 0.2) is 102 Å². The maximum Gasteiger partial charge on any atom is 0.410 e. The minimum atomic E-state index is -0.936. The Morgan fingerprint density at radius 3 is 2.40 bits per heavy atom. The molecule has 1 aliphatic carbocycles. The van der Waals surface area contributed by atoms with Crippen molar-refractivity contribution in [2.75, 3.05) is 11.5 Å². The van der Waals surface area contributed by atoms with Gasteiger partial charge in [0, 0.05) is 22.9 Å². The molecule has 4 aromatic carbocycles. The number of fused-ring (bicyclic) bond motifs is 4. The summed E-state index contributed by atoms with van der Waals surface area (Å²) in [6.45, 7) is 1.70. The van der Waals surface area contributed by atoms with Crippen LogP contribution in [0, 0.1) is 16.0 Å². The van der Waals surface area contributed by atoms with Crippen LogP contribution < -0.4 is 15.5 Å². The summed E-state index contributed by atoms with van der Waals surface area (Å²) in [5.41, 5.74) is 3.04. The average molecular weight is 558 g/mol. The predicted molar refractivity (Wildman–Crippen MR) is 163 cm³/mol. The standard InChI is InChI=1S/C35H31N3O4/c1-2-42-34(39)33(38(40)41)28-22-31-32(26-18-10-9-17-25(26)28)36-35-20-12-11-19-29(35)27(23-13-5-3-6-14-23)21-30(37(31)35)24-15-7-4-8-16-24/h3-10,13-18,21-22,27,29H,2,11-12,19-20H2,1H3/b33-28+/t27-,29-,35-/m0/s1. The fourth-order valence-corrected chi connectivity index (χ4v) is 7.35. The molecule has 42 heavy (non-hydrogen) atoms. The number of nitrogens with zero attached hydrogens (tertiary/aromatic N) is 3. The summed E-state index contributed by atoms with van der Waals surface area (Å²) >= 11 is 0. The van der Waals surface area contributed by atoms with Gasteiger partial charge in [-0.05, 0) is 48.8 Å². The third-order valence-electron chi connectivity index (χ3n) is 9.01. The largest absolute Gasteiger partial charge is 0.458 e. The smallest absolute Gasteiger partial charge is 0.410 e. The summed E-state index contributed by atoms with van der Waals surface area (Å²) in [4.78, 5) is 32.7. The third-order valence-corrected chi connectivity index (χ3v) is 9.01. The number of nitro groups is 1. The highest BCUT2D eigenvalue weighted by Crippen LogP contribution is 2.56. The normalized spacial score (nSPS) is 23.2. The first-order valence-electron chi connectivity index (χ1n) is 14.6. The number of carbonyl (C=O) groups is 1. The molecule has 0 unspecified atom stereocenters. The van der Waals surface area contributed by atoms with E-state index in [1.54, 1.807) is 13.0 Å². The quantitative estimate of drug-likeness (QED) is 0.172. The Kier molecular flexibility index (Phi) is 6.38. The molecule has 1 fully saturated rings. The molecule has 0 N–H and O–H groups in total. The Labute approximate surface area is 243 Å². The third kappa shape index (κ3) is 3.95. The first-order valence-corrected chi connectivity index (χ1v) is 14.6. The summed E-state index contributed by atoms with van der Waals surface area (Å²) < 4.78 is 5.17. The average Bonchev–Trinajstić information content (AvgIpc) is 3.35. The molecule has 4 aromatic rings. The molecule has 210 valence electrons. The van der Waals surface area contributed by atoms with Crippen LogP contribution in [0.4, 0.5) is 5.69 Å². The summed E-state index contributed by atoms with van der Waals surface area (Å²) in [5.74, 6) is -0.573. The fraction of sp³-hybridized carbons (Fsp3) is 0.257. The second kappa shape index (κ2) is 10.2. The van der Waals surface area contributed by atoms with Gasteiger partial charge in [-0.25, -0.2) is 4.79 Å². The topological polar surface area (TPSA) is 85.0 Å². The van der Waals surface area contributed by atoms with Crippen LogP contribution >= 0.6 is 0 Å². The summed E-state index contributed by atoms with van der Waals surface area (Å²) in [6, 6.07) is 30.3. The lowest BCUT2D eigenvalue weighted by Gasteiger charge is -2.53. The molecule has 1 spiro atoms. The van der Waals surface area contributed by atoms with Gasteiger partial charge in [0.15, 0.2) is 0 Å². The van der Waals surface area contributed by atoms with Crippen molar-refractivity contribution >= 4 is 33.8 Å². The molecule has 1 saturated carbocycles. The molecule has 7 rings (SSSR count). The van der Waals surface area contributed by atoms with Gasteiger partial charge in [-0.15, -0.1) is 0 Å². The number of allylic oxidation sites excluding steroid dienone is 1. The van der Waals surface area contributed by atoms with E-state index < -0.39 is 22.3 Å². The van der Waals surface area contributed by atoms with Gasteiger partial charge in [-0.3, -0.25) is 15.1 Å². The number of benzene rings is 4. The SMILES string of the molecule is CCOC(=O)/C(=c1/cc2c(c3ccccc13)=N[C@]13CCCC[C@H]1[C@H](c1ccccc1)C=C(c1ccccc1)N23)[N+](=O)[O-]. The highest BCUT2D eigenvalue weighted by molar-refractivity contribution is 6.08. The first-order chi connectivity index (χ1) is 20.5. The number of ether oxygens (including phenoxy) is 1. The molecule has 7 heteroatoms. The van der Waals surface area contributed by atoms with Crippen LogP contribution in [0.5, 0.6) is 0 Å². The first kappa shape index (κ1) is 26.1. The van der Waals surface area contributed by atoms with Crippen LogP contribution in [0.2, 0.25) is 0 Å². The second-order valence-electron chi connectivity index (χ2n) is 11.2. The van der Waals surface area contributed by atoms with Gasteiger partial charge < -0.3 is 9.64 Å². The van der Waals surface area contributed by atoms with Gasteiger partial charge in [0.1, 0.15) is 5.66 Å². The van der Waals surface area contributed by atoms with E-state index in [1.807, 2.05) is 48.5 Å². The van der Waals surface area contributed by atoms with Gasteiger partial charge in [-0.1, -0.05) is 97.4 Å². The van der Waals surface area contributed by atoms with E-state index >= 15 is 0 Å². The van der Waals surface area contributed by atoms with E-state index in [4.69, 9.17) is 9.73 Å². The zero-order chi connectivity index (χ0) is 28.8. The van der Waals surface area contributed by atoms with Crippen molar-refractivity contribution in [2.24, 2.45) is 10.9 Å². The van der Waals surface area contributed by atoms with Crippen LogP contribution in [-0.2, 0) is 9.53 Å². The Morgan fingerprint density at radius 2 is 1.69 bits per heavy atom. The molecule has 0 bridgehead atoms. The molecule has 3 atom stereocenters. The van der Waals surface area contributed by atoms with Crippen molar-refractivity contribution in [1.29, 1.82) is 0 Å². The summed E-state index contributed by atoms with van der Waals surface area (Å²) in [6.07, 6.45) is 6.41. The highest BCUT2D eigenvalue weighted by atomic mass is 16.6. The second-order valence-corrected chi connectivity index (χ2v) is 11.2. The van der Waals surface area contributed by atoms with Crippen molar-refractivity contribution in [1.82, 2.24) is 0 Å². The Bertz CT molecular complexity index is 1870. The van der Waals surface area contributed by atoms with Crippen LogP contribution in [0.3, 0.4) is 0 Å². The maximum absolute atomic E-state index is 13.0. The Balaban J connectivity index is 1.59. The number of hydrogen-bond acceptors (Lipinski definition) is 6. The van der Waals surface area contributed by atoms with Crippen molar-refractivity contribution in [3.05, 3.63) is 129 Å². The Morgan fingerprint density at radius 1 is 1.00 bits per heavy atom. The van der Waals surface area contributed by atoms with Gasteiger partial charge >= 0.3 is 11.7 Å². The molecule has 2 heterocycles. The molecule has 7 nitrogen and oxygen atoms in total. The summed E-state index contributed by atoms with van der Waals surface area (Å²) in [5, 5.41) is 14.9. The number of anilines is 1. The van der Waals surface area contributed by atoms with E-state index in [2.05, 4.69) is 47.4 Å². The van der Waals surface area contributed by atoms with E-state index in [-0.39, 0.29) is 23.7 Å². The Hall–Kier alpha value is -4.78. The van der Waals surface area contributed by atoms with E-state index in [1.165, 1.54) is 5.56 Å². The van der Waals surface area contributed by atoms with E-state index in [9.17, 15) is 14.9 Å². The number of hydrogen-bond donors (Lipinski definition) is 0. The lowest BCUT2D eigenvalue weighted by Crippen LogP contribution is -2.55. The van der Waals surface area contributed by atoms with Crippen molar-refractivity contribution in [3.8, 4) is 0 Å². The van der Waals surface area contributed by atoms with Crippen LogP contribution in [0.25, 0.3) is 22.2 Å². The number of esters is 1. The highest BCUT2D eigenvalue weighted by Gasteiger charge is 2.55. The molecule has 0 aromatic heterocycles. The van der Waals surface area contributed by atoms with Crippen LogP contribution in [-0.4, -0.2) is 23.2 Å². The number of rotatable bonds is 5. The molecule has 0 radical (unpaired) electrons. The molecule has 0 saturated heterocycles. The van der Waals surface area contributed by atoms with Gasteiger partial charge in [0.2, 0.25) is 0 Å². The van der Waals surface area contributed by atoms with Gasteiger partial charge in [-0.2, -0.15) is 0 Å². The van der Waals surface area contributed by atoms with Gasteiger partial charge in [0.25, 0.3) is 0 Å². The zero-order valence-corrected chi connectivity index (χ0v) is 23.4. The van der Waals surface area contributed by atoms with E-state index in [0.29, 0.717) is 5.39 Å². The lowest BCUT2D eigenvalue weighted by molar-refractivity contribution is -0.378. The molecular formula is C35H31N3O4. The minimum absolute atomic E-state index is 0.0487. The minimum Gasteiger partial charge on any atom is -0.458 e. The zero-order valence-electron chi connectivity index (χ0n) is 23.4. The van der Waals surface area contributed by atoms with Gasteiger partial charge in [0.05, 0.1) is 27.8 Å². The van der Waals surface area contributed by atoms with Crippen LogP contribution in [0.1, 0.15) is 49.7 Å². The van der Waals surface area contributed by atoms with Crippen molar-refractivity contribution < 1.29 is 14.5 Å². The van der Waals surface area contributed by atoms with E-state index in [0.717, 1.165) is 53.4 Å². The maximum atomic E-state index is 13.0. The molecular weight excluding hydrogens is 526 g/mol.